The van der Waals surface area contributed by atoms with Crippen LogP contribution >= 0.6 is 0 Å². The van der Waals surface area contributed by atoms with Crippen molar-refractivity contribution in [3.05, 3.63) is 0 Å². The summed E-state index contributed by atoms with van der Waals surface area (Å²) in [6, 6.07) is 0. The Morgan fingerprint density at radius 3 is 1.93 bits per heavy atom. The normalized spacial score (nSPS) is 11.5. The minimum atomic E-state index is -0.301. The van der Waals surface area contributed by atoms with E-state index in [9.17, 15) is 4.79 Å². The molecule has 0 aliphatic carbocycles. The molecular weight excluding hydrogens is 178 g/mol. The van der Waals surface area contributed by atoms with Gasteiger partial charge in [0, 0.05) is 31.6 Å². The molecule has 4 nitrogen and oxygen atoms in total. The van der Waals surface area contributed by atoms with Crippen LogP contribution in [-0.2, 0) is 4.79 Å². The lowest BCUT2D eigenvalue weighted by molar-refractivity contribution is -0.140. The van der Waals surface area contributed by atoms with E-state index >= 15 is 0 Å². The summed E-state index contributed by atoms with van der Waals surface area (Å²) in [6.45, 7) is 8.10. The monoisotopic (exact) mass is 201 g/mol. The summed E-state index contributed by atoms with van der Waals surface area (Å²) in [5, 5.41) is 0. The quantitative estimate of drug-likeness (QED) is 0.643. The first kappa shape index (κ1) is 13.4. The van der Waals surface area contributed by atoms with Gasteiger partial charge in [0.15, 0.2) is 0 Å². The van der Waals surface area contributed by atoms with Crippen LogP contribution in [0, 0.1) is 5.41 Å². The van der Waals surface area contributed by atoms with Gasteiger partial charge in [0.25, 0.3) is 0 Å². The number of carbonyl (C=O) groups is 1. The number of hydrogen-bond acceptors (Lipinski definition) is 3. The van der Waals surface area contributed by atoms with Crippen LogP contribution in [-0.4, -0.2) is 37.0 Å². The largest absolute Gasteiger partial charge is 0.340 e. The fourth-order valence-electron chi connectivity index (χ4n) is 1.21. The molecule has 4 heteroatoms. The van der Waals surface area contributed by atoms with Gasteiger partial charge in [-0.3, -0.25) is 4.79 Å². The maximum Gasteiger partial charge on any atom is 0.228 e. The van der Waals surface area contributed by atoms with Gasteiger partial charge in [-0.2, -0.15) is 0 Å². The molecule has 0 saturated heterocycles. The molecule has 0 radical (unpaired) electrons. The first-order chi connectivity index (χ1) is 6.49. The van der Waals surface area contributed by atoms with Crippen LogP contribution < -0.4 is 11.5 Å². The minimum Gasteiger partial charge on any atom is -0.340 e. The van der Waals surface area contributed by atoms with E-state index < -0.39 is 0 Å². The first-order valence-corrected chi connectivity index (χ1v) is 5.19. The van der Waals surface area contributed by atoms with Crippen LogP contribution in [0.3, 0.4) is 0 Å². The highest BCUT2D eigenvalue weighted by molar-refractivity contribution is 5.81. The Hall–Kier alpha value is -0.610. The lowest BCUT2D eigenvalue weighted by Gasteiger charge is -2.30. The third-order valence-corrected chi connectivity index (χ3v) is 2.55. The van der Waals surface area contributed by atoms with Crippen molar-refractivity contribution in [2.75, 3.05) is 26.2 Å². The summed E-state index contributed by atoms with van der Waals surface area (Å²) in [5.41, 5.74) is 10.6. The van der Waals surface area contributed by atoms with Crippen LogP contribution in [0.25, 0.3) is 0 Å². The predicted molar refractivity (Wildman–Crippen MR) is 58.8 cm³/mol. The molecule has 0 bridgehead atoms. The van der Waals surface area contributed by atoms with Gasteiger partial charge < -0.3 is 16.4 Å². The van der Waals surface area contributed by atoms with E-state index in [1.54, 1.807) is 4.90 Å². The number of rotatable bonds is 6. The molecule has 0 fully saturated rings. The molecule has 0 aliphatic heterocycles. The molecule has 84 valence electrons. The summed E-state index contributed by atoms with van der Waals surface area (Å²) in [5.74, 6) is 0.149. The van der Waals surface area contributed by atoms with E-state index in [4.69, 9.17) is 11.5 Å². The topological polar surface area (TPSA) is 72.3 Å². The average Bonchev–Trinajstić information content (AvgIpc) is 2.16. The lowest BCUT2D eigenvalue weighted by Crippen LogP contribution is -2.45. The second-order valence-electron chi connectivity index (χ2n) is 4.11. The van der Waals surface area contributed by atoms with Gasteiger partial charge in [0.05, 0.1) is 0 Å². The first-order valence-electron chi connectivity index (χ1n) is 5.19. The van der Waals surface area contributed by atoms with Gasteiger partial charge in [-0.15, -0.1) is 0 Å². The Labute approximate surface area is 86.6 Å². The van der Waals surface area contributed by atoms with Crippen LogP contribution in [0.5, 0.6) is 0 Å². The molecule has 0 atom stereocenters. The lowest BCUT2D eigenvalue weighted by atomic mass is 9.88. The van der Waals surface area contributed by atoms with Crippen molar-refractivity contribution in [3.63, 3.8) is 0 Å². The standard InChI is InChI=1S/C10H23N3O/c1-4-10(2,3)9(14)13(7-5-11)8-6-12/h4-8,11-12H2,1-3H3. The SMILES string of the molecule is CCC(C)(C)C(=O)N(CCN)CCN. The molecule has 0 aromatic rings. The molecule has 0 aromatic carbocycles. The third kappa shape index (κ3) is 3.64. The molecule has 0 aliphatic rings. The molecule has 14 heavy (non-hydrogen) atoms. The van der Waals surface area contributed by atoms with Gasteiger partial charge in [-0.05, 0) is 6.42 Å². The van der Waals surface area contributed by atoms with Crippen molar-refractivity contribution >= 4 is 5.91 Å². The number of amides is 1. The Balaban J connectivity index is 4.41. The predicted octanol–water partition coefficient (Wildman–Crippen LogP) is 0.169. The van der Waals surface area contributed by atoms with Gasteiger partial charge >= 0.3 is 0 Å². The summed E-state index contributed by atoms with van der Waals surface area (Å²) in [7, 11) is 0. The Morgan fingerprint density at radius 2 is 1.64 bits per heavy atom. The molecule has 0 unspecified atom stereocenters. The van der Waals surface area contributed by atoms with Gasteiger partial charge in [-0.1, -0.05) is 20.8 Å². The van der Waals surface area contributed by atoms with E-state index in [1.807, 2.05) is 20.8 Å². The fourth-order valence-corrected chi connectivity index (χ4v) is 1.21. The zero-order valence-electron chi connectivity index (χ0n) is 9.55. The molecular formula is C10H23N3O. The van der Waals surface area contributed by atoms with E-state index in [-0.39, 0.29) is 11.3 Å². The second-order valence-corrected chi connectivity index (χ2v) is 4.11. The van der Waals surface area contributed by atoms with Gasteiger partial charge in [0.1, 0.15) is 0 Å². The summed E-state index contributed by atoms with van der Waals surface area (Å²) in [6.07, 6.45) is 0.831. The minimum absolute atomic E-state index is 0.149. The highest BCUT2D eigenvalue weighted by atomic mass is 16.2. The maximum absolute atomic E-state index is 12.0. The van der Waals surface area contributed by atoms with Crippen molar-refractivity contribution in [2.45, 2.75) is 27.2 Å². The van der Waals surface area contributed by atoms with Crippen molar-refractivity contribution < 1.29 is 4.79 Å². The van der Waals surface area contributed by atoms with Crippen molar-refractivity contribution in [2.24, 2.45) is 16.9 Å². The number of carbonyl (C=O) groups excluding carboxylic acids is 1. The number of nitrogens with zero attached hydrogens (tertiary/aromatic N) is 1. The second kappa shape index (κ2) is 5.98. The van der Waals surface area contributed by atoms with E-state index in [1.165, 1.54) is 0 Å². The highest BCUT2D eigenvalue weighted by Gasteiger charge is 2.29. The Bertz CT molecular complexity index is 174. The van der Waals surface area contributed by atoms with Crippen LogP contribution in [0.15, 0.2) is 0 Å². The van der Waals surface area contributed by atoms with E-state index in [0.717, 1.165) is 6.42 Å². The molecule has 0 spiro atoms. The van der Waals surface area contributed by atoms with Crippen LogP contribution in [0.4, 0.5) is 0 Å². The Kier molecular flexibility index (Phi) is 5.72. The number of nitrogens with two attached hydrogens (primary N) is 2. The number of hydrogen-bond donors (Lipinski definition) is 2. The molecule has 1 amide bonds. The van der Waals surface area contributed by atoms with Crippen molar-refractivity contribution in [1.29, 1.82) is 0 Å². The fraction of sp³-hybridized carbons (Fsp3) is 0.900. The van der Waals surface area contributed by atoms with Gasteiger partial charge in [0.2, 0.25) is 5.91 Å². The average molecular weight is 201 g/mol. The molecule has 0 rings (SSSR count). The smallest absolute Gasteiger partial charge is 0.228 e. The zero-order valence-corrected chi connectivity index (χ0v) is 9.55. The Morgan fingerprint density at radius 1 is 1.21 bits per heavy atom. The third-order valence-electron chi connectivity index (χ3n) is 2.55. The zero-order chi connectivity index (χ0) is 11.2. The highest BCUT2D eigenvalue weighted by Crippen LogP contribution is 2.22. The van der Waals surface area contributed by atoms with E-state index in [0.29, 0.717) is 26.2 Å². The van der Waals surface area contributed by atoms with Crippen molar-refractivity contribution in [1.82, 2.24) is 4.90 Å². The summed E-state index contributed by atoms with van der Waals surface area (Å²) >= 11 is 0. The maximum atomic E-state index is 12.0. The molecule has 0 heterocycles. The van der Waals surface area contributed by atoms with Crippen LogP contribution in [0.2, 0.25) is 0 Å². The summed E-state index contributed by atoms with van der Waals surface area (Å²) in [4.78, 5) is 13.7. The van der Waals surface area contributed by atoms with Gasteiger partial charge in [-0.25, -0.2) is 0 Å². The molecule has 4 N–H and O–H groups in total. The molecule has 0 saturated carbocycles. The molecule has 0 aromatic heterocycles. The van der Waals surface area contributed by atoms with Crippen molar-refractivity contribution in [3.8, 4) is 0 Å². The van der Waals surface area contributed by atoms with Crippen LogP contribution in [0.1, 0.15) is 27.2 Å². The summed E-state index contributed by atoms with van der Waals surface area (Å²) < 4.78 is 0. The van der Waals surface area contributed by atoms with E-state index in [2.05, 4.69) is 0 Å².